The van der Waals surface area contributed by atoms with E-state index in [1.54, 1.807) is 7.11 Å². The second-order valence-corrected chi connectivity index (χ2v) is 7.63. The molecule has 0 saturated carbocycles. The van der Waals surface area contributed by atoms with E-state index in [1.165, 1.54) is 11.3 Å². The van der Waals surface area contributed by atoms with E-state index in [4.69, 9.17) is 4.74 Å². The molecular weight excluding hydrogens is 274 g/mol. The quantitative estimate of drug-likeness (QED) is 0.753. The van der Waals surface area contributed by atoms with Crippen LogP contribution in [0.25, 0.3) is 0 Å². The van der Waals surface area contributed by atoms with E-state index in [0.717, 1.165) is 16.6 Å². The van der Waals surface area contributed by atoms with Crippen LogP contribution in [-0.2, 0) is 21.1 Å². The zero-order valence-electron chi connectivity index (χ0n) is 10.3. The molecule has 2 rings (SSSR count). The fourth-order valence-electron chi connectivity index (χ4n) is 1.86. The lowest BCUT2D eigenvalue weighted by atomic mass is 10.1. The minimum absolute atomic E-state index is 0.0419. The molecule has 0 bridgehead atoms. The number of hydrogen-bond donors (Lipinski definition) is 1. The Bertz CT molecular complexity index is 486. The SMILES string of the molecule is COCCNCc1nnc(C2CCS(=O)(=O)C2)s1. The Morgan fingerprint density at radius 3 is 3.00 bits per heavy atom. The highest BCUT2D eigenvalue weighted by molar-refractivity contribution is 7.91. The van der Waals surface area contributed by atoms with Crippen LogP contribution in [0.5, 0.6) is 0 Å². The molecule has 0 aliphatic carbocycles. The topological polar surface area (TPSA) is 81.2 Å². The largest absolute Gasteiger partial charge is 0.383 e. The minimum Gasteiger partial charge on any atom is -0.383 e. The molecule has 1 aromatic heterocycles. The number of sulfone groups is 1. The number of aromatic nitrogens is 2. The molecule has 8 heteroatoms. The molecular formula is C10H17N3O3S2. The van der Waals surface area contributed by atoms with Gasteiger partial charge in [-0.2, -0.15) is 0 Å². The van der Waals surface area contributed by atoms with Crippen molar-refractivity contribution in [2.24, 2.45) is 0 Å². The molecule has 1 N–H and O–H groups in total. The molecule has 0 aromatic carbocycles. The van der Waals surface area contributed by atoms with Gasteiger partial charge in [-0.3, -0.25) is 0 Å². The highest BCUT2D eigenvalue weighted by Crippen LogP contribution is 2.30. The number of nitrogens with zero attached hydrogens (tertiary/aromatic N) is 2. The van der Waals surface area contributed by atoms with Gasteiger partial charge in [-0.25, -0.2) is 8.42 Å². The van der Waals surface area contributed by atoms with Gasteiger partial charge in [0.1, 0.15) is 10.0 Å². The molecule has 0 spiro atoms. The van der Waals surface area contributed by atoms with Gasteiger partial charge >= 0.3 is 0 Å². The van der Waals surface area contributed by atoms with Crippen LogP contribution in [0.2, 0.25) is 0 Å². The number of hydrogen-bond acceptors (Lipinski definition) is 7. The van der Waals surface area contributed by atoms with Crippen molar-refractivity contribution in [2.45, 2.75) is 18.9 Å². The molecule has 1 unspecified atom stereocenters. The zero-order valence-corrected chi connectivity index (χ0v) is 11.9. The second-order valence-electron chi connectivity index (χ2n) is 4.30. The van der Waals surface area contributed by atoms with Crippen LogP contribution in [0.4, 0.5) is 0 Å². The molecule has 0 amide bonds. The van der Waals surface area contributed by atoms with Gasteiger partial charge < -0.3 is 10.1 Å². The van der Waals surface area contributed by atoms with Crippen LogP contribution in [-0.4, -0.2) is 50.4 Å². The van der Waals surface area contributed by atoms with Crippen molar-refractivity contribution in [1.29, 1.82) is 0 Å². The summed E-state index contributed by atoms with van der Waals surface area (Å²) >= 11 is 1.50. The van der Waals surface area contributed by atoms with Gasteiger partial charge in [-0.15, -0.1) is 10.2 Å². The Hall–Kier alpha value is -0.570. The summed E-state index contributed by atoms with van der Waals surface area (Å²) in [5, 5.41) is 13.1. The minimum atomic E-state index is -2.85. The average molecular weight is 291 g/mol. The van der Waals surface area contributed by atoms with E-state index in [1.807, 2.05) is 0 Å². The van der Waals surface area contributed by atoms with Gasteiger partial charge in [0.05, 0.1) is 18.1 Å². The Labute approximate surface area is 111 Å². The first-order chi connectivity index (χ1) is 8.61. The van der Waals surface area contributed by atoms with Crippen LogP contribution in [0.15, 0.2) is 0 Å². The highest BCUT2D eigenvalue weighted by Gasteiger charge is 2.31. The molecule has 1 fully saturated rings. The fourth-order valence-corrected chi connectivity index (χ4v) is 4.66. The summed E-state index contributed by atoms with van der Waals surface area (Å²) in [7, 11) is -1.19. The van der Waals surface area contributed by atoms with E-state index < -0.39 is 9.84 Å². The molecule has 1 aliphatic rings. The number of nitrogens with one attached hydrogen (secondary N) is 1. The normalized spacial score (nSPS) is 22.4. The summed E-state index contributed by atoms with van der Waals surface area (Å²) in [6.07, 6.45) is 0.675. The number of methoxy groups -OCH3 is 1. The molecule has 1 aromatic rings. The lowest BCUT2D eigenvalue weighted by Gasteiger charge is -2.00. The Balaban J connectivity index is 1.86. The zero-order chi connectivity index (χ0) is 13.0. The predicted octanol–water partition coefficient (Wildman–Crippen LogP) is 0.176. The van der Waals surface area contributed by atoms with Gasteiger partial charge in [0.15, 0.2) is 9.84 Å². The summed E-state index contributed by atoms with van der Waals surface area (Å²) in [5.41, 5.74) is 0. The van der Waals surface area contributed by atoms with Crippen molar-refractivity contribution in [3.63, 3.8) is 0 Å². The molecule has 102 valence electrons. The molecule has 1 atom stereocenters. The number of rotatable bonds is 6. The standard InChI is InChI=1S/C10H17N3O3S2/c1-16-4-3-11-6-9-12-13-10(17-9)8-2-5-18(14,15)7-8/h8,11H,2-7H2,1H3. The molecule has 6 nitrogen and oxygen atoms in total. The van der Waals surface area contributed by atoms with Crippen LogP contribution >= 0.6 is 11.3 Å². The highest BCUT2D eigenvalue weighted by atomic mass is 32.2. The van der Waals surface area contributed by atoms with Crippen LogP contribution < -0.4 is 5.32 Å². The summed E-state index contributed by atoms with van der Waals surface area (Å²) in [4.78, 5) is 0. The van der Waals surface area contributed by atoms with Gasteiger partial charge in [0.25, 0.3) is 0 Å². The predicted molar refractivity (Wildman–Crippen MR) is 69.5 cm³/mol. The smallest absolute Gasteiger partial charge is 0.151 e. The monoisotopic (exact) mass is 291 g/mol. The first-order valence-electron chi connectivity index (χ1n) is 5.83. The van der Waals surface area contributed by atoms with Crippen molar-refractivity contribution < 1.29 is 13.2 Å². The van der Waals surface area contributed by atoms with E-state index in [0.29, 0.717) is 19.6 Å². The van der Waals surface area contributed by atoms with Crippen molar-refractivity contribution >= 4 is 21.2 Å². The van der Waals surface area contributed by atoms with Crippen molar-refractivity contribution in [3.05, 3.63) is 10.0 Å². The van der Waals surface area contributed by atoms with Gasteiger partial charge in [-0.05, 0) is 6.42 Å². The average Bonchev–Trinajstić information content (AvgIpc) is 2.91. The maximum Gasteiger partial charge on any atom is 0.151 e. The second kappa shape index (κ2) is 6.05. The van der Waals surface area contributed by atoms with Crippen molar-refractivity contribution in [1.82, 2.24) is 15.5 Å². The van der Waals surface area contributed by atoms with Crippen LogP contribution in [0, 0.1) is 0 Å². The lowest BCUT2D eigenvalue weighted by Crippen LogP contribution is -2.18. The van der Waals surface area contributed by atoms with Crippen molar-refractivity contribution in [3.8, 4) is 0 Å². The van der Waals surface area contributed by atoms with E-state index in [2.05, 4.69) is 15.5 Å². The summed E-state index contributed by atoms with van der Waals surface area (Å²) in [6.45, 7) is 2.08. The van der Waals surface area contributed by atoms with Crippen LogP contribution in [0.1, 0.15) is 22.4 Å². The maximum atomic E-state index is 11.4. The summed E-state index contributed by atoms with van der Waals surface area (Å²) in [5.74, 6) is 0.539. The van der Waals surface area contributed by atoms with E-state index in [-0.39, 0.29) is 17.4 Å². The van der Waals surface area contributed by atoms with Gasteiger partial charge in [0, 0.05) is 26.1 Å². The Morgan fingerprint density at radius 2 is 2.33 bits per heavy atom. The molecule has 18 heavy (non-hydrogen) atoms. The van der Waals surface area contributed by atoms with Crippen LogP contribution in [0.3, 0.4) is 0 Å². The Morgan fingerprint density at radius 1 is 1.50 bits per heavy atom. The third-order valence-corrected chi connectivity index (χ3v) is 5.68. The summed E-state index contributed by atoms with van der Waals surface area (Å²) < 4.78 is 27.7. The van der Waals surface area contributed by atoms with Gasteiger partial charge in [0.2, 0.25) is 0 Å². The molecule has 0 radical (unpaired) electrons. The summed E-state index contributed by atoms with van der Waals surface area (Å²) in [6, 6.07) is 0. The number of ether oxygens (including phenoxy) is 1. The van der Waals surface area contributed by atoms with E-state index in [9.17, 15) is 8.42 Å². The fraction of sp³-hybridized carbons (Fsp3) is 0.800. The van der Waals surface area contributed by atoms with Gasteiger partial charge in [-0.1, -0.05) is 11.3 Å². The van der Waals surface area contributed by atoms with E-state index >= 15 is 0 Å². The van der Waals surface area contributed by atoms with Crippen molar-refractivity contribution in [2.75, 3.05) is 31.8 Å². The third kappa shape index (κ3) is 3.71. The first kappa shape index (κ1) is 13.9. The lowest BCUT2D eigenvalue weighted by molar-refractivity contribution is 0.199. The Kier molecular flexibility index (Phi) is 4.66. The molecule has 1 aliphatic heterocycles. The first-order valence-corrected chi connectivity index (χ1v) is 8.47. The third-order valence-electron chi connectivity index (χ3n) is 2.82. The molecule has 1 saturated heterocycles. The maximum absolute atomic E-state index is 11.4. The molecule has 2 heterocycles.